The Morgan fingerprint density at radius 2 is 1.68 bits per heavy atom. The average molecular weight is 362 g/mol. The first kappa shape index (κ1) is 19.2. The molecular formula is C22H35O2P. The third-order valence-electron chi connectivity index (χ3n) is 6.42. The zero-order chi connectivity index (χ0) is 17.9. The molecule has 0 bridgehead atoms. The molecule has 0 aliphatic heterocycles. The van der Waals surface area contributed by atoms with Gasteiger partial charge in [0.25, 0.3) is 0 Å². The lowest BCUT2D eigenvalue weighted by Gasteiger charge is -2.41. The lowest BCUT2D eigenvalue weighted by molar-refractivity contribution is 0.0480. The van der Waals surface area contributed by atoms with Gasteiger partial charge in [-0.25, -0.2) is 0 Å². The Morgan fingerprint density at radius 3 is 2.32 bits per heavy atom. The molecule has 2 saturated carbocycles. The minimum atomic E-state index is -2.82. The Bertz CT molecular complexity index is 577. The molecule has 25 heavy (non-hydrogen) atoms. The molecule has 0 heterocycles. The second-order valence-electron chi connectivity index (χ2n) is 8.69. The van der Waals surface area contributed by atoms with Crippen molar-refractivity contribution in [3.8, 4) is 0 Å². The Balaban J connectivity index is 1.90. The van der Waals surface area contributed by atoms with Crippen molar-refractivity contribution in [3.63, 3.8) is 0 Å². The fourth-order valence-electron chi connectivity index (χ4n) is 4.85. The maximum Gasteiger partial charge on any atom is 0.235 e. The number of hydrogen-bond acceptors (Lipinski definition) is 2. The van der Waals surface area contributed by atoms with E-state index in [-0.39, 0.29) is 11.8 Å². The SMILES string of the molecule is CC(C)[C@@H]1CC[C@@H](C)C[C@H]1O[P@](=O)(c1ccccc1)C1CCCCC1. The van der Waals surface area contributed by atoms with Crippen LogP contribution in [0.2, 0.25) is 0 Å². The van der Waals surface area contributed by atoms with Crippen molar-refractivity contribution in [2.45, 2.75) is 83.9 Å². The van der Waals surface area contributed by atoms with E-state index in [1.54, 1.807) is 0 Å². The van der Waals surface area contributed by atoms with Crippen LogP contribution in [0.5, 0.6) is 0 Å². The highest BCUT2D eigenvalue weighted by atomic mass is 31.2. The predicted molar refractivity (Wildman–Crippen MR) is 107 cm³/mol. The van der Waals surface area contributed by atoms with Crippen LogP contribution in [0.4, 0.5) is 0 Å². The fourth-order valence-corrected chi connectivity index (χ4v) is 7.84. The van der Waals surface area contributed by atoms with E-state index in [0.29, 0.717) is 17.8 Å². The van der Waals surface area contributed by atoms with Gasteiger partial charge in [-0.1, -0.05) is 64.7 Å². The van der Waals surface area contributed by atoms with Crippen molar-refractivity contribution < 1.29 is 9.09 Å². The minimum Gasteiger partial charge on any atom is -0.321 e. The third kappa shape index (κ3) is 4.40. The van der Waals surface area contributed by atoms with Gasteiger partial charge in [-0.3, -0.25) is 4.57 Å². The van der Waals surface area contributed by atoms with E-state index in [0.717, 1.165) is 24.6 Å². The second-order valence-corrected chi connectivity index (χ2v) is 11.3. The Hall–Kier alpha value is -0.590. The van der Waals surface area contributed by atoms with E-state index < -0.39 is 7.37 Å². The Labute approximate surface area is 154 Å². The van der Waals surface area contributed by atoms with Gasteiger partial charge < -0.3 is 4.52 Å². The Morgan fingerprint density at radius 1 is 1.00 bits per heavy atom. The highest BCUT2D eigenvalue weighted by Crippen LogP contribution is 2.58. The number of rotatable bonds is 5. The summed E-state index contributed by atoms with van der Waals surface area (Å²) < 4.78 is 21.0. The van der Waals surface area contributed by atoms with Gasteiger partial charge in [0.1, 0.15) is 0 Å². The number of hydrogen-bond donors (Lipinski definition) is 0. The van der Waals surface area contributed by atoms with Gasteiger partial charge >= 0.3 is 0 Å². The summed E-state index contributed by atoms with van der Waals surface area (Å²) >= 11 is 0. The largest absolute Gasteiger partial charge is 0.321 e. The molecule has 2 nitrogen and oxygen atoms in total. The molecule has 0 radical (unpaired) electrons. The van der Waals surface area contributed by atoms with Gasteiger partial charge in [-0.15, -0.1) is 0 Å². The zero-order valence-electron chi connectivity index (χ0n) is 16.2. The average Bonchev–Trinajstić information content (AvgIpc) is 2.63. The van der Waals surface area contributed by atoms with E-state index in [4.69, 9.17) is 4.52 Å². The summed E-state index contributed by atoms with van der Waals surface area (Å²) in [5.74, 6) is 1.81. The molecule has 140 valence electrons. The molecular weight excluding hydrogens is 327 g/mol. The minimum absolute atomic E-state index is 0.150. The van der Waals surface area contributed by atoms with Gasteiger partial charge in [-0.05, 0) is 55.6 Å². The highest BCUT2D eigenvalue weighted by molar-refractivity contribution is 7.67. The molecule has 0 aromatic heterocycles. The van der Waals surface area contributed by atoms with Crippen LogP contribution in [0.3, 0.4) is 0 Å². The van der Waals surface area contributed by atoms with Crippen LogP contribution in [0, 0.1) is 17.8 Å². The van der Waals surface area contributed by atoms with E-state index in [9.17, 15) is 4.57 Å². The molecule has 2 aliphatic carbocycles. The molecule has 0 spiro atoms. The predicted octanol–water partition coefficient (Wildman–Crippen LogP) is 6.40. The van der Waals surface area contributed by atoms with Crippen LogP contribution in [0.25, 0.3) is 0 Å². The van der Waals surface area contributed by atoms with Crippen LogP contribution < -0.4 is 5.30 Å². The first-order chi connectivity index (χ1) is 12.0. The smallest absolute Gasteiger partial charge is 0.235 e. The molecule has 0 N–H and O–H groups in total. The van der Waals surface area contributed by atoms with Crippen LogP contribution in [-0.2, 0) is 9.09 Å². The van der Waals surface area contributed by atoms with Crippen LogP contribution in [0.15, 0.2) is 30.3 Å². The van der Waals surface area contributed by atoms with E-state index in [1.165, 1.54) is 32.1 Å². The van der Waals surface area contributed by atoms with Crippen molar-refractivity contribution in [1.82, 2.24) is 0 Å². The summed E-state index contributed by atoms with van der Waals surface area (Å²) in [4.78, 5) is 0. The molecule has 3 rings (SSSR count). The van der Waals surface area contributed by atoms with Crippen LogP contribution in [0.1, 0.15) is 72.1 Å². The van der Waals surface area contributed by atoms with Crippen LogP contribution >= 0.6 is 7.37 Å². The molecule has 4 atom stereocenters. The topological polar surface area (TPSA) is 26.3 Å². The molecule has 2 fully saturated rings. The molecule has 0 amide bonds. The maximum absolute atomic E-state index is 14.3. The highest BCUT2D eigenvalue weighted by Gasteiger charge is 2.42. The lowest BCUT2D eigenvalue weighted by Crippen LogP contribution is -2.36. The van der Waals surface area contributed by atoms with Gasteiger partial charge in [0, 0.05) is 11.0 Å². The fraction of sp³-hybridized carbons (Fsp3) is 0.727. The van der Waals surface area contributed by atoms with E-state index in [2.05, 4.69) is 20.8 Å². The number of benzene rings is 1. The summed E-state index contributed by atoms with van der Waals surface area (Å²) in [7, 11) is -2.82. The van der Waals surface area contributed by atoms with Crippen molar-refractivity contribution >= 4 is 12.7 Å². The van der Waals surface area contributed by atoms with Crippen LogP contribution in [-0.4, -0.2) is 11.8 Å². The normalized spacial score (nSPS) is 31.0. The molecule has 1 aromatic carbocycles. The molecule has 2 aliphatic rings. The standard InChI is InChI=1S/C22H35O2P/c1-17(2)21-15-14-18(3)16-22(21)24-25(23,19-10-6-4-7-11-19)20-12-8-5-9-13-20/h4,6-7,10-11,17-18,20-22H,5,8-9,12-16H2,1-3H3/t18-,21+,22-,25-/m1/s1. The van der Waals surface area contributed by atoms with Gasteiger partial charge in [0.2, 0.25) is 7.37 Å². The van der Waals surface area contributed by atoms with Crippen molar-refractivity contribution in [3.05, 3.63) is 30.3 Å². The summed E-state index contributed by atoms with van der Waals surface area (Å²) in [6.45, 7) is 6.91. The van der Waals surface area contributed by atoms with E-state index in [1.807, 2.05) is 30.3 Å². The van der Waals surface area contributed by atoms with E-state index >= 15 is 0 Å². The lowest BCUT2D eigenvalue weighted by atomic mass is 9.75. The van der Waals surface area contributed by atoms with Crippen molar-refractivity contribution in [1.29, 1.82) is 0 Å². The van der Waals surface area contributed by atoms with Gasteiger partial charge in [-0.2, -0.15) is 0 Å². The quantitative estimate of drug-likeness (QED) is 0.567. The van der Waals surface area contributed by atoms with Crippen molar-refractivity contribution in [2.75, 3.05) is 0 Å². The molecule has 1 aromatic rings. The third-order valence-corrected chi connectivity index (χ3v) is 9.50. The Kier molecular flexibility index (Phi) is 6.44. The van der Waals surface area contributed by atoms with Gasteiger partial charge in [0.05, 0.1) is 6.10 Å². The monoisotopic (exact) mass is 362 g/mol. The maximum atomic E-state index is 14.3. The molecule has 0 saturated heterocycles. The summed E-state index contributed by atoms with van der Waals surface area (Å²) in [5, 5.41) is 0.947. The zero-order valence-corrected chi connectivity index (χ0v) is 17.1. The van der Waals surface area contributed by atoms with Crippen molar-refractivity contribution in [2.24, 2.45) is 17.8 Å². The first-order valence-electron chi connectivity index (χ1n) is 10.3. The first-order valence-corrected chi connectivity index (χ1v) is 12.0. The van der Waals surface area contributed by atoms with Gasteiger partial charge in [0.15, 0.2) is 0 Å². The molecule has 3 heteroatoms. The summed E-state index contributed by atoms with van der Waals surface area (Å²) in [5.41, 5.74) is 0.216. The molecule has 0 unspecified atom stereocenters. The summed E-state index contributed by atoms with van der Waals surface area (Å²) in [6.07, 6.45) is 9.48. The summed E-state index contributed by atoms with van der Waals surface area (Å²) in [6, 6.07) is 10.1. The second kappa shape index (κ2) is 8.40.